The Labute approximate surface area is 124 Å². The second-order valence-corrected chi connectivity index (χ2v) is 4.56. The van der Waals surface area contributed by atoms with Gasteiger partial charge >= 0.3 is 6.18 Å². The number of pyridine rings is 1. The Bertz CT molecular complexity index is 483. The minimum Gasteiger partial charge on any atom is -0.396 e. The van der Waals surface area contributed by atoms with Crippen LogP contribution in [0.15, 0.2) is 12.3 Å². The fourth-order valence-electron chi connectivity index (χ4n) is 1.41. The van der Waals surface area contributed by atoms with Crippen LogP contribution >= 0.6 is 11.6 Å². The van der Waals surface area contributed by atoms with Gasteiger partial charge in [0.05, 0.1) is 10.6 Å². The molecule has 21 heavy (non-hydrogen) atoms. The number of alkyl halides is 3. The summed E-state index contributed by atoms with van der Waals surface area (Å²) in [4.78, 5) is 14.9. The molecule has 1 aromatic rings. The number of aromatic nitrogens is 1. The molecule has 5 nitrogen and oxygen atoms in total. The molecule has 1 aromatic heterocycles. The summed E-state index contributed by atoms with van der Waals surface area (Å²) in [5.41, 5.74) is -0.931. The molecule has 0 bridgehead atoms. The zero-order valence-corrected chi connectivity index (χ0v) is 11.8. The first-order valence-electron chi connectivity index (χ1n) is 6.18. The molecule has 0 atom stereocenters. The topological polar surface area (TPSA) is 74.2 Å². The van der Waals surface area contributed by atoms with E-state index in [1.807, 2.05) is 0 Å². The van der Waals surface area contributed by atoms with Crippen molar-refractivity contribution in [3.63, 3.8) is 0 Å². The summed E-state index contributed by atoms with van der Waals surface area (Å²) in [7, 11) is 0. The molecule has 1 amide bonds. The van der Waals surface area contributed by atoms with Gasteiger partial charge in [0.1, 0.15) is 5.82 Å². The summed E-state index contributed by atoms with van der Waals surface area (Å²) < 4.78 is 37.2. The molecule has 0 spiro atoms. The molecular formula is C12H15ClF3N3O2. The molecule has 0 fully saturated rings. The van der Waals surface area contributed by atoms with Crippen molar-refractivity contribution in [2.75, 3.05) is 25.0 Å². The van der Waals surface area contributed by atoms with Gasteiger partial charge in [-0.2, -0.15) is 13.2 Å². The van der Waals surface area contributed by atoms with Crippen LogP contribution in [0.4, 0.5) is 19.0 Å². The molecule has 118 valence electrons. The van der Waals surface area contributed by atoms with E-state index in [0.717, 1.165) is 6.07 Å². The van der Waals surface area contributed by atoms with Gasteiger partial charge in [-0.05, 0) is 12.5 Å². The van der Waals surface area contributed by atoms with Crippen molar-refractivity contribution in [2.45, 2.75) is 19.0 Å². The van der Waals surface area contributed by atoms with Crippen molar-refractivity contribution in [3.8, 4) is 0 Å². The fraction of sp³-hybridized carbons (Fsp3) is 0.500. The first-order chi connectivity index (χ1) is 9.84. The zero-order chi connectivity index (χ0) is 15.9. The molecule has 0 saturated heterocycles. The Hall–Kier alpha value is -1.54. The van der Waals surface area contributed by atoms with E-state index in [-0.39, 0.29) is 36.3 Å². The van der Waals surface area contributed by atoms with E-state index in [9.17, 15) is 18.0 Å². The number of amides is 1. The smallest absolute Gasteiger partial charge is 0.396 e. The second kappa shape index (κ2) is 8.04. The Kier molecular flexibility index (Phi) is 6.70. The third-order valence-corrected chi connectivity index (χ3v) is 2.76. The predicted octanol–water partition coefficient (Wildman–Crippen LogP) is 2.05. The van der Waals surface area contributed by atoms with Gasteiger partial charge in [0.15, 0.2) is 0 Å². The number of halogens is 4. The van der Waals surface area contributed by atoms with Crippen LogP contribution in [-0.4, -0.2) is 35.7 Å². The highest BCUT2D eigenvalue weighted by Gasteiger charge is 2.31. The summed E-state index contributed by atoms with van der Waals surface area (Å²) in [5.74, 6) is -0.146. The quantitative estimate of drug-likeness (QED) is 0.671. The van der Waals surface area contributed by atoms with Gasteiger partial charge in [-0.3, -0.25) is 4.79 Å². The summed E-state index contributed by atoms with van der Waals surface area (Å²) in [6, 6.07) is 0.776. The molecule has 3 N–H and O–H groups in total. The molecular weight excluding hydrogens is 311 g/mol. The van der Waals surface area contributed by atoms with Crippen LogP contribution in [-0.2, 0) is 11.0 Å². The standard InChI is InChI=1S/C12H15ClF3N3O2/c13-9-6-8(12(14,15)16)7-19-11(9)18-4-2-10(21)17-3-1-5-20/h6-7,20H,1-5H2,(H,17,21)(H,18,19). The number of carbonyl (C=O) groups excluding carboxylic acids is 1. The number of hydrogen-bond donors (Lipinski definition) is 3. The number of anilines is 1. The summed E-state index contributed by atoms with van der Waals surface area (Å²) >= 11 is 5.70. The van der Waals surface area contributed by atoms with E-state index >= 15 is 0 Å². The first kappa shape index (κ1) is 17.5. The fourth-order valence-corrected chi connectivity index (χ4v) is 1.65. The number of nitrogens with one attached hydrogen (secondary N) is 2. The van der Waals surface area contributed by atoms with E-state index in [4.69, 9.17) is 16.7 Å². The molecule has 0 aliphatic rings. The van der Waals surface area contributed by atoms with Crippen LogP contribution in [0, 0.1) is 0 Å². The molecule has 0 saturated carbocycles. The van der Waals surface area contributed by atoms with Gasteiger partial charge in [-0.15, -0.1) is 0 Å². The lowest BCUT2D eigenvalue weighted by Gasteiger charge is -2.10. The average molecular weight is 326 g/mol. The number of carbonyl (C=O) groups is 1. The normalized spacial score (nSPS) is 11.3. The van der Waals surface area contributed by atoms with Crippen LogP contribution in [0.5, 0.6) is 0 Å². The monoisotopic (exact) mass is 325 g/mol. The summed E-state index contributed by atoms with van der Waals surface area (Å²) in [6.07, 6.45) is -3.24. The van der Waals surface area contributed by atoms with E-state index in [0.29, 0.717) is 19.2 Å². The molecule has 0 aliphatic carbocycles. The SMILES string of the molecule is O=C(CCNc1ncc(C(F)(F)F)cc1Cl)NCCCO. The van der Waals surface area contributed by atoms with Crippen LogP contribution in [0.2, 0.25) is 5.02 Å². The Morgan fingerprint density at radius 1 is 1.38 bits per heavy atom. The van der Waals surface area contributed by atoms with Crippen LogP contribution in [0.1, 0.15) is 18.4 Å². The lowest BCUT2D eigenvalue weighted by Crippen LogP contribution is -2.26. The van der Waals surface area contributed by atoms with E-state index in [1.54, 1.807) is 0 Å². The number of nitrogens with zero attached hydrogens (tertiary/aromatic N) is 1. The maximum atomic E-state index is 12.4. The van der Waals surface area contributed by atoms with Gasteiger partial charge < -0.3 is 15.7 Å². The molecule has 1 rings (SSSR count). The first-order valence-corrected chi connectivity index (χ1v) is 6.56. The summed E-state index contributed by atoms with van der Waals surface area (Å²) in [6.45, 7) is 0.543. The molecule has 0 unspecified atom stereocenters. The zero-order valence-electron chi connectivity index (χ0n) is 11.0. The van der Waals surface area contributed by atoms with E-state index in [2.05, 4.69) is 15.6 Å². The molecule has 1 heterocycles. The van der Waals surface area contributed by atoms with Crippen molar-refractivity contribution in [1.82, 2.24) is 10.3 Å². The highest BCUT2D eigenvalue weighted by atomic mass is 35.5. The van der Waals surface area contributed by atoms with Crippen molar-refractivity contribution in [3.05, 3.63) is 22.8 Å². The van der Waals surface area contributed by atoms with Gasteiger partial charge in [-0.1, -0.05) is 11.6 Å². The maximum absolute atomic E-state index is 12.4. The number of hydrogen-bond acceptors (Lipinski definition) is 4. The lowest BCUT2D eigenvalue weighted by molar-refractivity contribution is -0.137. The number of rotatable bonds is 7. The van der Waals surface area contributed by atoms with Crippen LogP contribution < -0.4 is 10.6 Å². The minimum absolute atomic E-state index is 0.0103. The maximum Gasteiger partial charge on any atom is 0.417 e. The Balaban J connectivity index is 2.44. The predicted molar refractivity (Wildman–Crippen MR) is 72.1 cm³/mol. The van der Waals surface area contributed by atoms with E-state index in [1.165, 1.54) is 0 Å². The highest BCUT2D eigenvalue weighted by molar-refractivity contribution is 6.32. The Morgan fingerprint density at radius 2 is 2.10 bits per heavy atom. The van der Waals surface area contributed by atoms with Crippen molar-refractivity contribution >= 4 is 23.3 Å². The third-order valence-electron chi connectivity index (χ3n) is 2.47. The minimum atomic E-state index is -4.50. The molecule has 0 aliphatic heterocycles. The highest BCUT2D eigenvalue weighted by Crippen LogP contribution is 2.32. The molecule has 0 radical (unpaired) electrons. The van der Waals surface area contributed by atoms with Gasteiger partial charge in [0, 0.05) is 32.3 Å². The van der Waals surface area contributed by atoms with Gasteiger partial charge in [0.2, 0.25) is 5.91 Å². The summed E-state index contributed by atoms with van der Waals surface area (Å²) in [5, 5.41) is 13.7. The van der Waals surface area contributed by atoms with Crippen LogP contribution in [0.3, 0.4) is 0 Å². The Morgan fingerprint density at radius 3 is 2.67 bits per heavy atom. The molecule has 0 aromatic carbocycles. The third kappa shape index (κ3) is 6.17. The largest absolute Gasteiger partial charge is 0.417 e. The van der Waals surface area contributed by atoms with E-state index < -0.39 is 11.7 Å². The average Bonchev–Trinajstić information content (AvgIpc) is 2.39. The molecule has 9 heteroatoms. The van der Waals surface area contributed by atoms with Gasteiger partial charge in [-0.25, -0.2) is 4.98 Å². The number of aliphatic hydroxyl groups excluding tert-OH is 1. The van der Waals surface area contributed by atoms with Gasteiger partial charge in [0.25, 0.3) is 0 Å². The van der Waals surface area contributed by atoms with Crippen molar-refractivity contribution in [1.29, 1.82) is 0 Å². The van der Waals surface area contributed by atoms with Crippen LogP contribution in [0.25, 0.3) is 0 Å². The lowest BCUT2D eigenvalue weighted by atomic mass is 10.2. The second-order valence-electron chi connectivity index (χ2n) is 4.16. The van der Waals surface area contributed by atoms with Crippen molar-refractivity contribution in [2.24, 2.45) is 0 Å². The number of aliphatic hydroxyl groups is 1. The van der Waals surface area contributed by atoms with Crippen molar-refractivity contribution < 1.29 is 23.1 Å².